The van der Waals surface area contributed by atoms with Crippen molar-refractivity contribution in [2.45, 2.75) is 201 Å². The van der Waals surface area contributed by atoms with Crippen molar-refractivity contribution >= 4 is 186 Å². The van der Waals surface area contributed by atoms with Crippen molar-refractivity contribution in [1.82, 2.24) is 45.9 Å². The Labute approximate surface area is 590 Å². The second kappa shape index (κ2) is 44.0. The molecular formula is C55H89I7N9O15-. The fourth-order valence-electron chi connectivity index (χ4n) is 10.1. The molecule has 0 saturated carbocycles. The number of aliphatic carboxylic acids is 1. The standard InChI is InChI=1S/C19H25IN4O3.C15H26N2O5.C13H22N2O5.C8H15NO2.I3.I2.HI/c1-10(2)16(23-19(26)27-4)18(25)24-11(3)5-8-15(24)17-21-13-7-6-12(20)9-14(13)22-17;1-6-22-14(19)11-8-7-10(4)17(11)13(18)12(9(2)3)16-15(20)21-5;1-7(2)10(14-13(19)20-4)11(16)15-8(3)5-6-9(15)12(17)18;1-3-11-8(10)7-5-4-6(2)9-7;1-3-2;1-2;/h6-7,9-11,15-16H,5,8H2,1-4H3,(H,21,22)(H,23,26);9-12H,6-8H2,1-5H3,(H,16,20);7-10H,5-6H2,1-4H3,(H,14,19)(H,17,18);6-7,9H,3-5H2,1-2H3;;;1H/q;;;;-1;;/t11-,15-,16-;10-,11-,12-;8-,9-,10-;6-,7-;;;/m0000.../s1. The van der Waals surface area contributed by atoms with Crippen LogP contribution in [0.25, 0.3) is 11.0 Å². The number of imidazole rings is 1. The normalized spacial score (nSPS) is 22.0. The predicted octanol–water partition coefficient (Wildman–Crippen LogP) is 7.60. The summed E-state index contributed by atoms with van der Waals surface area (Å²) in [5.41, 5.74) is 1.86. The first-order valence-corrected chi connectivity index (χ1v) is 48.0. The van der Waals surface area contributed by atoms with Crippen LogP contribution in [0.5, 0.6) is 0 Å². The molecule has 0 spiro atoms. The molecule has 4 fully saturated rings. The fourth-order valence-corrected chi connectivity index (χ4v) is 10.6. The number of methoxy groups -OCH3 is 3. The van der Waals surface area contributed by atoms with E-state index in [0.29, 0.717) is 45.2 Å². The number of hydrogen-bond acceptors (Lipinski definition) is 16. The van der Waals surface area contributed by atoms with E-state index in [4.69, 9.17) is 19.2 Å². The molecule has 1 aromatic heterocycles. The maximum absolute atomic E-state index is 13.3. The number of aromatic amines is 1. The van der Waals surface area contributed by atoms with Crippen LogP contribution in [0.1, 0.15) is 146 Å². The quantitative estimate of drug-likeness (QED) is 0.0568. The molecule has 0 bridgehead atoms. The van der Waals surface area contributed by atoms with Crippen molar-refractivity contribution in [2.24, 2.45) is 17.8 Å². The summed E-state index contributed by atoms with van der Waals surface area (Å²) in [4.78, 5) is 120. The van der Waals surface area contributed by atoms with E-state index in [9.17, 15) is 48.3 Å². The Morgan fingerprint density at radius 2 is 1.02 bits per heavy atom. The number of esters is 2. The van der Waals surface area contributed by atoms with Gasteiger partial charge in [-0.1, -0.05) is 41.5 Å². The molecule has 31 heteroatoms. The number of fused-ring (bicyclic) bond motifs is 1. The van der Waals surface area contributed by atoms with Crippen LogP contribution in [-0.2, 0) is 52.5 Å². The van der Waals surface area contributed by atoms with Gasteiger partial charge in [0, 0.05) is 65.0 Å². The van der Waals surface area contributed by atoms with Gasteiger partial charge in [-0.15, -0.1) is 24.0 Å². The average Bonchev–Trinajstić information content (AvgIpc) is 2.65. The number of carboxylic acid groups (broad SMARTS) is 1. The summed E-state index contributed by atoms with van der Waals surface area (Å²) >= 11 is 11.8. The van der Waals surface area contributed by atoms with Gasteiger partial charge < -0.3 is 69.7 Å². The van der Waals surface area contributed by atoms with E-state index in [0.717, 1.165) is 52.5 Å². The minimum atomic E-state index is -1.01. The Hall–Kier alpha value is -1.61. The molecule has 0 aliphatic carbocycles. The summed E-state index contributed by atoms with van der Waals surface area (Å²) < 4.78 is 24.8. The van der Waals surface area contributed by atoms with Gasteiger partial charge >= 0.3 is 86.7 Å². The summed E-state index contributed by atoms with van der Waals surface area (Å²) in [7, 11) is 3.76. The first kappa shape index (κ1) is 84.4. The Morgan fingerprint density at radius 3 is 1.42 bits per heavy atom. The van der Waals surface area contributed by atoms with Gasteiger partial charge in [0.1, 0.15) is 42.1 Å². The van der Waals surface area contributed by atoms with E-state index >= 15 is 0 Å². The zero-order valence-corrected chi connectivity index (χ0v) is 66.8. The Kier molecular flexibility index (Phi) is 43.2. The molecule has 494 valence electrons. The van der Waals surface area contributed by atoms with Crippen LogP contribution in [0, 0.1) is 21.3 Å². The van der Waals surface area contributed by atoms with Gasteiger partial charge in [-0.2, -0.15) is 0 Å². The van der Waals surface area contributed by atoms with E-state index in [2.05, 4.69) is 140 Å². The number of aromatic nitrogens is 2. The zero-order valence-electron chi connectivity index (χ0n) is 51.5. The molecule has 1 aromatic carbocycles. The molecule has 6 N–H and O–H groups in total. The summed E-state index contributed by atoms with van der Waals surface area (Å²) in [6, 6.07) is 2.64. The third kappa shape index (κ3) is 26.5. The molecule has 4 aliphatic heterocycles. The number of H-pyrrole nitrogens is 1. The minimum absolute atomic E-state index is 0. The molecule has 0 radical (unpaired) electrons. The van der Waals surface area contributed by atoms with E-state index < -0.39 is 54.5 Å². The van der Waals surface area contributed by atoms with Crippen molar-refractivity contribution < 1.29 is 85.2 Å². The molecule has 4 saturated heterocycles. The van der Waals surface area contributed by atoms with Crippen LogP contribution in [0.3, 0.4) is 0 Å². The first-order valence-electron chi connectivity index (χ1n) is 28.1. The van der Waals surface area contributed by atoms with Gasteiger partial charge in [0.2, 0.25) is 17.7 Å². The van der Waals surface area contributed by atoms with Crippen LogP contribution >= 0.6 is 121 Å². The first-order chi connectivity index (χ1) is 40.1. The number of alkyl carbamates (subject to hydrolysis) is 3. The van der Waals surface area contributed by atoms with Gasteiger partial charge in [0.25, 0.3) is 0 Å². The second-order valence-corrected chi connectivity index (χ2v) is 39.0. The van der Waals surface area contributed by atoms with E-state index in [1.165, 1.54) is 26.2 Å². The van der Waals surface area contributed by atoms with Gasteiger partial charge in [-0.3, -0.25) is 19.2 Å². The van der Waals surface area contributed by atoms with Gasteiger partial charge in [0.15, 0.2) is 0 Å². The number of likely N-dealkylation sites (tertiary alicyclic amines) is 3. The zero-order chi connectivity index (χ0) is 65.0. The fraction of sp³-hybridized carbons (Fsp3) is 0.709. The number of nitrogens with one attached hydrogen (secondary N) is 5. The molecule has 11 atom stereocenters. The molecule has 24 nitrogen and oxygen atoms in total. The van der Waals surface area contributed by atoms with Crippen LogP contribution in [0.2, 0.25) is 0 Å². The number of rotatable bonds is 15. The molecule has 86 heavy (non-hydrogen) atoms. The van der Waals surface area contributed by atoms with Crippen LogP contribution in [0.15, 0.2) is 18.2 Å². The number of carboxylic acids is 1. The second-order valence-electron chi connectivity index (χ2n) is 21.5. The topological polar surface area (TPSA) is 307 Å². The number of carbonyl (C=O) groups is 9. The van der Waals surface area contributed by atoms with Crippen molar-refractivity contribution in [3.05, 3.63) is 27.6 Å². The van der Waals surface area contributed by atoms with Gasteiger partial charge in [-0.05, 0) is 151 Å². The molecule has 0 unspecified atom stereocenters. The molecule has 6 rings (SSSR count). The van der Waals surface area contributed by atoms with Crippen molar-refractivity contribution in [1.29, 1.82) is 0 Å². The number of nitrogens with zero attached hydrogens (tertiary/aromatic N) is 4. The summed E-state index contributed by atoms with van der Waals surface area (Å²) in [6.45, 7) is 23.2. The van der Waals surface area contributed by atoms with Crippen molar-refractivity contribution in [3.8, 4) is 0 Å². The predicted molar refractivity (Wildman–Crippen MR) is 376 cm³/mol. The third-order valence-electron chi connectivity index (χ3n) is 14.5. The molecule has 4 aliphatic rings. The number of benzene rings is 1. The van der Waals surface area contributed by atoms with Crippen LogP contribution in [-0.4, -0.2) is 179 Å². The molecule has 2 aromatic rings. The average molecular weight is 2000 g/mol. The number of ether oxygens (including phenoxy) is 5. The maximum atomic E-state index is 13.3. The van der Waals surface area contributed by atoms with E-state index in [1.54, 1.807) is 25.7 Å². The van der Waals surface area contributed by atoms with Crippen LogP contribution in [0.4, 0.5) is 14.4 Å². The van der Waals surface area contributed by atoms with Gasteiger partial charge in [0.05, 0.1) is 51.6 Å². The molecule has 6 amide bonds. The van der Waals surface area contributed by atoms with E-state index in [-0.39, 0.29) is 108 Å². The summed E-state index contributed by atoms with van der Waals surface area (Å²) in [6.07, 6.45) is 4.17. The number of amides is 6. The monoisotopic (exact) mass is 2000 g/mol. The van der Waals surface area contributed by atoms with Crippen LogP contribution < -0.4 is 34.5 Å². The third-order valence-corrected chi connectivity index (χ3v) is 15.2. The Balaban J connectivity index is 0.00000112. The number of hydrogen-bond donors (Lipinski definition) is 6. The van der Waals surface area contributed by atoms with E-state index in [1.807, 2.05) is 78.5 Å². The number of halogens is 7. The van der Waals surface area contributed by atoms with Crippen molar-refractivity contribution in [2.75, 3.05) is 34.5 Å². The summed E-state index contributed by atoms with van der Waals surface area (Å²) in [5.74, 6) is -1.79. The SMILES string of the molecule is CCOC(=O)[C@@H]1CC[C@H](C)N1.CCOC(=O)[C@@H]1CC[C@H](C)N1C(=O)[C@@H](NC(=O)OC)C(C)C.COC(=O)N[C@H](C(=O)N1[C@@H](C)CC[C@H]1C(=O)O)C(C)C.COC(=O)N[C@H](C(=O)N1[C@@H](C)CC[C@H]1c1nc2ccc(I)cc2[nH]1)C(C)C.I.II.I[I-]I. The Bertz CT molecular complexity index is 2470. The molecular weight excluding hydrogens is 1910 g/mol. The van der Waals surface area contributed by atoms with Gasteiger partial charge in [-0.25, -0.2) is 29.0 Å². The molecule has 5 heterocycles. The number of carbonyl (C=O) groups excluding carboxylic acids is 8. The van der Waals surface area contributed by atoms with Crippen molar-refractivity contribution in [3.63, 3.8) is 0 Å². The summed E-state index contributed by atoms with van der Waals surface area (Å²) in [5, 5.41) is 20.1. The Morgan fingerprint density at radius 1 is 0.628 bits per heavy atom.